The third-order valence-electron chi connectivity index (χ3n) is 6.61. The van der Waals surface area contributed by atoms with Gasteiger partial charge in [-0.15, -0.1) is 0 Å². The number of aryl methyl sites for hydroxylation is 2. The Kier molecular flexibility index (Phi) is 6.37. The molecule has 4 aromatic rings. The molecule has 5 rings (SSSR count). The zero-order chi connectivity index (χ0) is 23.7. The Hall–Kier alpha value is -3.19. The van der Waals surface area contributed by atoms with E-state index < -0.39 is 0 Å². The standard InChI is InChI=1S/C27H31N5OS/c1-4-23(21-11-6-5-7-12-21)26(33)30-14-9-15-31(17-16-30)27-28-25-24(34-27)20(3)29-32(25)22-13-8-10-19(2)18-22/h5-8,10-13,18,23H,4,9,14-17H2,1-3H3. The fourth-order valence-electron chi connectivity index (χ4n) is 4.79. The largest absolute Gasteiger partial charge is 0.346 e. The summed E-state index contributed by atoms with van der Waals surface area (Å²) in [5.41, 5.74) is 5.26. The van der Waals surface area contributed by atoms with Crippen LogP contribution in [0.25, 0.3) is 16.0 Å². The highest BCUT2D eigenvalue weighted by atomic mass is 32.1. The summed E-state index contributed by atoms with van der Waals surface area (Å²) < 4.78 is 3.08. The maximum atomic E-state index is 13.4. The van der Waals surface area contributed by atoms with Gasteiger partial charge in [0.25, 0.3) is 0 Å². The molecular formula is C27H31N5OS. The van der Waals surface area contributed by atoms with Crippen molar-refractivity contribution in [3.63, 3.8) is 0 Å². The highest BCUT2D eigenvalue weighted by molar-refractivity contribution is 7.22. The van der Waals surface area contributed by atoms with Gasteiger partial charge in [0.15, 0.2) is 10.8 Å². The molecule has 1 unspecified atom stereocenters. The molecule has 1 amide bonds. The Morgan fingerprint density at radius 1 is 1.03 bits per heavy atom. The molecule has 7 heteroatoms. The fraction of sp³-hybridized carbons (Fsp3) is 0.370. The normalized spacial score (nSPS) is 15.5. The number of nitrogens with zero attached hydrogens (tertiary/aromatic N) is 5. The average molecular weight is 474 g/mol. The topological polar surface area (TPSA) is 54.3 Å². The van der Waals surface area contributed by atoms with Crippen LogP contribution in [0.15, 0.2) is 54.6 Å². The molecule has 6 nitrogen and oxygen atoms in total. The number of benzene rings is 2. The van der Waals surface area contributed by atoms with E-state index in [0.717, 1.165) is 71.4 Å². The highest BCUT2D eigenvalue weighted by Gasteiger charge is 2.27. The molecule has 2 aromatic carbocycles. The summed E-state index contributed by atoms with van der Waals surface area (Å²) in [6, 6.07) is 18.5. The van der Waals surface area contributed by atoms with E-state index in [1.807, 2.05) is 34.7 Å². The Morgan fingerprint density at radius 2 is 1.85 bits per heavy atom. The van der Waals surface area contributed by atoms with Gasteiger partial charge in [-0.1, -0.05) is 60.7 Å². The SMILES string of the molecule is CCC(C(=O)N1CCCN(c2nc3c(s2)c(C)nn3-c2cccc(C)c2)CC1)c1ccccc1. The van der Waals surface area contributed by atoms with E-state index in [1.165, 1.54) is 5.56 Å². The summed E-state index contributed by atoms with van der Waals surface area (Å²) in [6.45, 7) is 9.45. The molecular weight excluding hydrogens is 442 g/mol. The number of thiazole rings is 1. The van der Waals surface area contributed by atoms with Crippen molar-refractivity contribution < 1.29 is 4.79 Å². The van der Waals surface area contributed by atoms with Crippen LogP contribution in [-0.2, 0) is 4.79 Å². The first-order valence-electron chi connectivity index (χ1n) is 12.1. The van der Waals surface area contributed by atoms with Crippen LogP contribution in [0.4, 0.5) is 5.13 Å². The van der Waals surface area contributed by atoms with Crippen LogP contribution in [0, 0.1) is 13.8 Å². The van der Waals surface area contributed by atoms with Crippen LogP contribution in [0.5, 0.6) is 0 Å². The summed E-state index contributed by atoms with van der Waals surface area (Å²) in [5, 5.41) is 5.77. The molecule has 3 heterocycles. The second kappa shape index (κ2) is 9.58. The van der Waals surface area contributed by atoms with E-state index in [0.29, 0.717) is 0 Å². The number of rotatable bonds is 5. The van der Waals surface area contributed by atoms with E-state index >= 15 is 0 Å². The predicted molar refractivity (Wildman–Crippen MR) is 139 cm³/mol. The maximum Gasteiger partial charge on any atom is 0.230 e. The third kappa shape index (κ3) is 4.32. The van der Waals surface area contributed by atoms with Crippen LogP contribution in [-0.4, -0.2) is 51.8 Å². The van der Waals surface area contributed by atoms with E-state index in [4.69, 9.17) is 10.1 Å². The molecule has 34 heavy (non-hydrogen) atoms. The quantitative estimate of drug-likeness (QED) is 0.393. The second-order valence-corrected chi connectivity index (χ2v) is 10.0. The second-order valence-electron chi connectivity index (χ2n) is 9.02. The van der Waals surface area contributed by atoms with Crippen molar-refractivity contribution in [3.05, 3.63) is 71.4 Å². The molecule has 0 radical (unpaired) electrons. The van der Waals surface area contributed by atoms with Gasteiger partial charge >= 0.3 is 0 Å². The molecule has 0 bridgehead atoms. The summed E-state index contributed by atoms with van der Waals surface area (Å²) >= 11 is 1.70. The molecule has 176 valence electrons. The van der Waals surface area contributed by atoms with Crippen LogP contribution < -0.4 is 4.90 Å². The smallest absolute Gasteiger partial charge is 0.230 e. The zero-order valence-corrected chi connectivity index (χ0v) is 20.9. The van der Waals surface area contributed by atoms with Gasteiger partial charge in [-0.25, -0.2) is 4.68 Å². The number of aromatic nitrogens is 3. The third-order valence-corrected chi connectivity index (χ3v) is 7.82. The predicted octanol–water partition coefficient (Wildman–Crippen LogP) is 5.33. The van der Waals surface area contributed by atoms with Crippen molar-refractivity contribution >= 4 is 32.7 Å². The summed E-state index contributed by atoms with van der Waals surface area (Å²) in [7, 11) is 0. The van der Waals surface area contributed by atoms with Crippen LogP contribution in [0.1, 0.15) is 42.5 Å². The average Bonchev–Trinajstić information content (AvgIpc) is 3.31. The summed E-state index contributed by atoms with van der Waals surface area (Å²) in [4.78, 5) is 22.8. The lowest BCUT2D eigenvalue weighted by atomic mass is 9.95. The highest BCUT2D eigenvalue weighted by Crippen LogP contribution is 2.33. The minimum absolute atomic E-state index is 0.0711. The molecule has 0 aliphatic carbocycles. The maximum absolute atomic E-state index is 13.4. The van der Waals surface area contributed by atoms with Gasteiger partial charge in [-0.05, 0) is 49.9 Å². The monoisotopic (exact) mass is 473 g/mol. The van der Waals surface area contributed by atoms with Gasteiger partial charge in [-0.3, -0.25) is 4.79 Å². The van der Waals surface area contributed by atoms with E-state index in [1.54, 1.807) is 11.3 Å². The number of fused-ring (bicyclic) bond motifs is 1. The first kappa shape index (κ1) is 22.6. The first-order chi connectivity index (χ1) is 16.5. The van der Waals surface area contributed by atoms with Crippen molar-refractivity contribution in [1.82, 2.24) is 19.7 Å². The van der Waals surface area contributed by atoms with Gasteiger partial charge in [0.05, 0.1) is 22.0 Å². The van der Waals surface area contributed by atoms with Crippen molar-refractivity contribution in [1.29, 1.82) is 0 Å². The molecule has 1 aliphatic rings. The molecule has 0 saturated carbocycles. The Bertz CT molecular complexity index is 1300. The minimum Gasteiger partial charge on any atom is -0.346 e. The van der Waals surface area contributed by atoms with Gasteiger partial charge in [0, 0.05) is 26.2 Å². The van der Waals surface area contributed by atoms with E-state index in [-0.39, 0.29) is 11.8 Å². The van der Waals surface area contributed by atoms with Crippen LogP contribution >= 0.6 is 11.3 Å². The lowest BCUT2D eigenvalue weighted by molar-refractivity contribution is -0.132. The van der Waals surface area contributed by atoms with Gasteiger partial charge < -0.3 is 9.80 Å². The first-order valence-corrected chi connectivity index (χ1v) is 12.9. The van der Waals surface area contributed by atoms with Crippen molar-refractivity contribution in [2.45, 2.75) is 39.5 Å². The van der Waals surface area contributed by atoms with Crippen molar-refractivity contribution in [2.24, 2.45) is 0 Å². The lowest BCUT2D eigenvalue weighted by Gasteiger charge is -2.26. The molecule has 1 fully saturated rings. The number of hydrogen-bond acceptors (Lipinski definition) is 5. The number of carbonyl (C=O) groups excluding carboxylic acids is 1. The molecule has 1 atom stereocenters. The van der Waals surface area contributed by atoms with Crippen molar-refractivity contribution in [2.75, 3.05) is 31.1 Å². The Balaban J connectivity index is 1.35. The summed E-state index contributed by atoms with van der Waals surface area (Å²) in [5.74, 6) is 0.170. The molecule has 0 spiro atoms. The number of anilines is 1. The molecule has 1 saturated heterocycles. The van der Waals surface area contributed by atoms with Gasteiger partial charge in [0.1, 0.15) is 0 Å². The fourth-order valence-corrected chi connectivity index (χ4v) is 5.82. The lowest BCUT2D eigenvalue weighted by Crippen LogP contribution is -2.38. The van der Waals surface area contributed by atoms with Gasteiger partial charge in [-0.2, -0.15) is 10.1 Å². The minimum atomic E-state index is -0.0711. The number of amides is 1. The zero-order valence-electron chi connectivity index (χ0n) is 20.1. The van der Waals surface area contributed by atoms with Crippen LogP contribution in [0.2, 0.25) is 0 Å². The number of carbonyl (C=O) groups is 1. The Morgan fingerprint density at radius 3 is 2.62 bits per heavy atom. The van der Waals surface area contributed by atoms with Gasteiger partial charge in [0.2, 0.25) is 5.91 Å². The van der Waals surface area contributed by atoms with E-state index in [9.17, 15) is 4.79 Å². The molecule has 1 aliphatic heterocycles. The Labute approximate surface area is 204 Å². The van der Waals surface area contributed by atoms with E-state index in [2.05, 4.69) is 55.1 Å². The van der Waals surface area contributed by atoms with Crippen molar-refractivity contribution in [3.8, 4) is 5.69 Å². The van der Waals surface area contributed by atoms with Crippen LogP contribution in [0.3, 0.4) is 0 Å². The number of hydrogen-bond donors (Lipinski definition) is 0. The molecule has 0 N–H and O–H groups in total. The summed E-state index contributed by atoms with van der Waals surface area (Å²) in [6.07, 6.45) is 1.76. The molecule has 2 aromatic heterocycles.